The Balaban J connectivity index is 5.10. The van der Waals surface area contributed by atoms with Gasteiger partial charge in [0.25, 0.3) is 0 Å². The quantitative estimate of drug-likeness (QED) is 0.486. The largest absolute Gasteiger partial charge is 0.468 e. The van der Waals surface area contributed by atoms with E-state index >= 15 is 0 Å². The molecule has 0 heterocycles. The lowest BCUT2D eigenvalue weighted by Gasteiger charge is -2.32. The SMILES string of the molecule is CCOC(CC)(CC)C(=O)C(CC)C(=O)OC. The monoisotopic (exact) mass is 244 g/mol. The van der Waals surface area contributed by atoms with Gasteiger partial charge < -0.3 is 9.47 Å². The third-order valence-corrected chi connectivity index (χ3v) is 3.22. The minimum absolute atomic E-state index is 0.154. The molecule has 0 aromatic carbocycles. The minimum atomic E-state index is -0.844. The van der Waals surface area contributed by atoms with Gasteiger partial charge >= 0.3 is 5.97 Å². The first-order valence-corrected chi connectivity index (χ1v) is 6.28. The van der Waals surface area contributed by atoms with E-state index in [-0.39, 0.29) is 5.78 Å². The van der Waals surface area contributed by atoms with Crippen molar-refractivity contribution in [2.75, 3.05) is 13.7 Å². The van der Waals surface area contributed by atoms with Gasteiger partial charge in [0.15, 0.2) is 5.78 Å². The molecule has 0 radical (unpaired) electrons. The van der Waals surface area contributed by atoms with E-state index in [2.05, 4.69) is 4.74 Å². The number of ether oxygens (including phenoxy) is 2. The first kappa shape index (κ1) is 16.1. The lowest BCUT2D eigenvalue weighted by Crippen LogP contribution is -2.46. The molecule has 0 rings (SSSR count). The van der Waals surface area contributed by atoms with E-state index in [9.17, 15) is 9.59 Å². The smallest absolute Gasteiger partial charge is 0.316 e. The van der Waals surface area contributed by atoms with Gasteiger partial charge in [0.05, 0.1) is 7.11 Å². The van der Waals surface area contributed by atoms with Gasteiger partial charge in [-0.2, -0.15) is 0 Å². The average Bonchev–Trinajstić information content (AvgIpc) is 2.36. The first-order chi connectivity index (χ1) is 8.02. The number of hydrogen-bond acceptors (Lipinski definition) is 4. The van der Waals surface area contributed by atoms with Crippen LogP contribution in [-0.2, 0) is 19.1 Å². The Bertz CT molecular complexity index is 256. The molecule has 0 aliphatic rings. The summed E-state index contributed by atoms with van der Waals surface area (Å²) in [5.74, 6) is -1.34. The highest BCUT2D eigenvalue weighted by atomic mass is 16.5. The predicted molar refractivity (Wildman–Crippen MR) is 65.7 cm³/mol. The fourth-order valence-electron chi connectivity index (χ4n) is 2.07. The van der Waals surface area contributed by atoms with E-state index < -0.39 is 17.5 Å². The molecule has 0 saturated carbocycles. The van der Waals surface area contributed by atoms with Crippen LogP contribution in [0.1, 0.15) is 47.0 Å². The summed E-state index contributed by atoms with van der Waals surface area (Å²) in [5, 5.41) is 0. The standard InChI is InChI=1S/C13H24O4/c1-6-10(12(15)16-5)11(14)13(7-2,8-3)17-9-4/h10H,6-9H2,1-5H3. The van der Waals surface area contributed by atoms with Crippen LogP contribution < -0.4 is 0 Å². The zero-order valence-corrected chi connectivity index (χ0v) is 11.5. The van der Waals surface area contributed by atoms with E-state index in [1.165, 1.54) is 7.11 Å². The van der Waals surface area contributed by atoms with Gasteiger partial charge in [-0.25, -0.2) is 0 Å². The summed E-state index contributed by atoms with van der Waals surface area (Å²) >= 11 is 0. The molecule has 0 saturated heterocycles. The Hall–Kier alpha value is -0.900. The van der Waals surface area contributed by atoms with E-state index in [0.29, 0.717) is 25.9 Å². The van der Waals surface area contributed by atoms with Crippen molar-refractivity contribution in [1.82, 2.24) is 0 Å². The van der Waals surface area contributed by atoms with Crippen molar-refractivity contribution in [3.63, 3.8) is 0 Å². The van der Waals surface area contributed by atoms with Crippen molar-refractivity contribution in [2.45, 2.75) is 52.6 Å². The second kappa shape index (κ2) is 7.43. The summed E-state index contributed by atoms with van der Waals surface area (Å²) in [7, 11) is 1.30. The molecule has 0 bridgehead atoms. The van der Waals surface area contributed by atoms with Crippen molar-refractivity contribution < 1.29 is 19.1 Å². The highest BCUT2D eigenvalue weighted by molar-refractivity contribution is 6.03. The highest BCUT2D eigenvalue weighted by Crippen LogP contribution is 2.27. The number of carbonyl (C=O) groups is 2. The Kier molecular flexibility index (Phi) is 7.04. The summed E-state index contributed by atoms with van der Waals surface area (Å²) in [6, 6.07) is 0. The van der Waals surface area contributed by atoms with Crippen molar-refractivity contribution in [2.24, 2.45) is 5.92 Å². The summed E-state index contributed by atoms with van der Waals surface area (Å²) in [4.78, 5) is 24.0. The lowest BCUT2D eigenvalue weighted by atomic mass is 9.83. The molecule has 100 valence electrons. The Morgan fingerprint density at radius 2 is 1.65 bits per heavy atom. The molecule has 17 heavy (non-hydrogen) atoms. The van der Waals surface area contributed by atoms with Gasteiger partial charge in [0.1, 0.15) is 11.5 Å². The summed E-state index contributed by atoms with van der Waals surface area (Å²) in [6.07, 6.45) is 1.59. The number of ketones is 1. The van der Waals surface area contributed by atoms with Crippen molar-refractivity contribution >= 4 is 11.8 Å². The van der Waals surface area contributed by atoms with Crippen LogP contribution in [0.15, 0.2) is 0 Å². The predicted octanol–water partition coefficient (Wildman–Crippen LogP) is 2.35. The maximum Gasteiger partial charge on any atom is 0.316 e. The summed E-state index contributed by atoms with van der Waals surface area (Å²) in [6.45, 7) is 7.93. The molecule has 0 aromatic heterocycles. The molecular formula is C13H24O4. The fourth-order valence-corrected chi connectivity index (χ4v) is 2.07. The van der Waals surface area contributed by atoms with Crippen LogP contribution in [0.3, 0.4) is 0 Å². The van der Waals surface area contributed by atoms with Crippen LogP contribution in [-0.4, -0.2) is 31.1 Å². The van der Waals surface area contributed by atoms with Crippen molar-refractivity contribution in [1.29, 1.82) is 0 Å². The fraction of sp³-hybridized carbons (Fsp3) is 0.846. The Morgan fingerprint density at radius 1 is 1.12 bits per heavy atom. The average molecular weight is 244 g/mol. The highest BCUT2D eigenvalue weighted by Gasteiger charge is 2.42. The topological polar surface area (TPSA) is 52.6 Å². The number of carbonyl (C=O) groups excluding carboxylic acids is 2. The number of Topliss-reactive ketones (excluding diaryl/α,β-unsaturated/α-hetero) is 1. The molecule has 1 unspecified atom stereocenters. The number of esters is 1. The normalized spacial score (nSPS) is 13.2. The van der Waals surface area contributed by atoms with Crippen LogP contribution in [0.2, 0.25) is 0 Å². The number of rotatable bonds is 8. The molecule has 0 fully saturated rings. The van der Waals surface area contributed by atoms with Crippen LogP contribution in [0, 0.1) is 5.92 Å². The molecule has 4 heteroatoms. The first-order valence-electron chi connectivity index (χ1n) is 6.28. The second-order valence-corrected chi connectivity index (χ2v) is 3.98. The van der Waals surface area contributed by atoms with Crippen molar-refractivity contribution in [3.8, 4) is 0 Å². The molecule has 0 amide bonds. The van der Waals surface area contributed by atoms with Gasteiger partial charge in [-0.05, 0) is 26.2 Å². The van der Waals surface area contributed by atoms with Crippen LogP contribution in [0.25, 0.3) is 0 Å². The zero-order valence-electron chi connectivity index (χ0n) is 11.5. The van der Waals surface area contributed by atoms with E-state index in [4.69, 9.17) is 4.74 Å². The van der Waals surface area contributed by atoms with Gasteiger partial charge in [-0.1, -0.05) is 20.8 Å². The maximum absolute atomic E-state index is 12.4. The van der Waals surface area contributed by atoms with E-state index in [1.807, 2.05) is 27.7 Å². The Morgan fingerprint density at radius 3 is 1.94 bits per heavy atom. The van der Waals surface area contributed by atoms with Crippen LogP contribution in [0.5, 0.6) is 0 Å². The minimum Gasteiger partial charge on any atom is -0.468 e. The van der Waals surface area contributed by atoms with Gasteiger partial charge in [0, 0.05) is 6.61 Å². The number of methoxy groups -OCH3 is 1. The summed E-state index contributed by atoms with van der Waals surface area (Å²) < 4.78 is 10.3. The van der Waals surface area contributed by atoms with Crippen molar-refractivity contribution in [3.05, 3.63) is 0 Å². The van der Waals surface area contributed by atoms with Gasteiger partial charge in [-0.15, -0.1) is 0 Å². The summed E-state index contributed by atoms with van der Waals surface area (Å²) in [5.41, 5.74) is -0.844. The maximum atomic E-state index is 12.4. The molecule has 0 N–H and O–H groups in total. The third kappa shape index (κ3) is 3.53. The van der Waals surface area contributed by atoms with Gasteiger partial charge in [-0.3, -0.25) is 9.59 Å². The molecular weight excluding hydrogens is 220 g/mol. The van der Waals surface area contributed by atoms with E-state index in [1.54, 1.807) is 0 Å². The molecule has 0 aliphatic carbocycles. The van der Waals surface area contributed by atoms with Crippen LogP contribution >= 0.6 is 0 Å². The van der Waals surface area contributed by atoms with Gasteiger partial charge in [0.2, 0.25) is 0 Å². The molecule has 0 spiro atoms. The molecule has 0 aliphatic heterocycles. The Labute approximate surface area is 104 Å². The van der Waals surface area contributed by atoms with Crippen LogP contribution in [0.4, 0.5) is 0 Å². The molecule has 0 aromatic rings. The lowest BCUT2D eigenvalue weighted by molar-refractivity contribution is -0.161. The molecule has 1 atom stereocenters. The zero-order chi connectivity index (χ0) is 13.5. The third-order valence-electron chi connectivity index (χ3n) is 3.22. The second-order valence-electron chi connectivity index (χ2n) is 3.98. The number of hydrogen-bond donors (Lipinski definition) is 0. The van der Waals surface area contributed by atoms with E-state index in [0.717, 1.165) is 0 Å². The molecule has 4 nitrogen and oxygen atoms in total.